The number of nitrogens with zero attached hydrogens (tertiary/aromatic N) is 1. The molecular formula is C16H21F2N3O2. The Kier molecular flexibility index (Phi) is 6.04. The highest BCUT2D eigenvalue weighted by Gasteiger charge is 2.28. The number of halogens is 2. The van der Waals surface area contributed by atoms with Crippen molar-refractivity contribution in [1.82, 2.24) is 10.2 Å². The molecular weight excluding hydrogens is 304 g/mol. The number of hydrogen-bond donors (Lipinski definition) is 2. The minimum atomic E-state index is -0.864. The van der Waals surface area contributed by atoms with Crippen molar-refractivity contribution in [3.05, 3.63) is 35.4 Å². The van der Waals surface area contributed by atoms with Gasteiger partial charge >= 0.3 is 0 Å². The van der Waals surface area contributed by atoms with E-state index in [0.717, 1.165) is 18.6 Å². The summed E-state index contributed by atoms with van der Waals surface area (Å²) < 4.78 is 26.6. The van der Waals surface area contributed by atoms with E-state index in [2.05, 4.69) is 5.32 Å². The molecule has 0 unspecified atom stereocenters. The summed E-state index contributed by atoms with van der Waals surface area (Å²) >= 11 is 0. The maximum Gasteiger partial charge on any atom is 0.256 e. The van der Waals surface area contributed by atoms with Crippen LogP contribution in [0, 0.1) is 17.6 Å². The quantitative estimate of drug-likeness (QED) is 0.801. The fourth-order valence-electron chi connectivity index (χ4n) is 2.64. The third-order valence-electron chi connectivity index (χ3n) is 3.99. The van der Waals surface area contributed by atoms with Gasteiger partial charge < -0.3 is 16.0 Å². The summed E-state index contributed by atoms with van der Waals surface area (Å²) in [5.74, 6) is -2.22. The molecule has 1 saturated heterocycles. The van der Waals surface area contributed by atoms with Crippen LogP contribution in [0.2, 0.25) is 0 Å². The number of hydrogen-bond acceptors (Lipinski definition) is 3. The first-order valence-electron chi connectivity index (χ1n) is 7.75. The van der Waals surface area contributed by atoms with E-state index in [1.807, 2.05) is 0 Å². The molecule has 1 aliphatic rings. The first kappa shape index (κ1) is 17.3. The second-order valence-corrected chi connectivity index (χ2v) is 5.62. The van der Waals surface area contributed by atoms with Gasteiger partial charge in [0.15, 0.2) is 0 Å². The first-order chi connectivity index (χ1) is 11.0. The number of likely N-dealkylation sites (tertiary alicyclic amines) is 1. The molecule has 5 nitrogen and oxygen atoms in total. The van der Waals surface area contributed by atoms with Crippen LogP contribution in [0.1, 0.15) is 29.6 Å². The van der Waals surface area contributed by atoms with Crippen LogP contribution in [0.15, 0.2) is 18.2 Å². The number of carbonyl (C=O) groups is 2. The van der Waals surface area contributed by atoms with Crippen LogP contribution in [0.25, 0.3) is 0 Å². The largest absolute Gasteiger partial charge is 0.356 e. The molecule has 3 N–H and O–H groups in total. The molecule has 1 heterocycles. The number of nitrogens with one attached hydrogen (secondary N) is 1. The minimum Gasteiger partial charge on any atom is -0.356 e. The van der Waals surface area contributed by atoms with Crippen LogP contribution in [-0.4, -0.2) is 42.9 Å². The fourth-order valence-corrected chi connectivity index (χ4v) is 2.64. The van der Waals surface area contributed by atoms with Crippen LogP contribution in [0.3, 0.4) is 0 Å². The number of piperidine rings is 1. The second kappa shape index (κ2) is 8.01. The molecule has 0 saturated carbocycles. The Morgan fingerprint density at radius 3 is 2.57 bits per heavy atom. The zero-order valence-corrected chi connectivity index (χ0v) is 12.9. The van der Waals surface area contributed by atoms with Crippen molar-refractivity contribution in [2.75, 3.05) is 26.2 Å². The van der Waals surface area contributed by atoms with Gasteiger partial charge in [0, 0.05) is 31.6 Å². The average Bonchev–Trinajstić information content (AvgIpc) is 2.54. The monoisotopic (exact) mass is 325 g/mol. The van der Waals surface area contributed by atoms with E-state index >= 15 is 0 Å². The Hall–Kier alpha value is -2.02. The van der Waals surface area contributed by atoms with Gasteiger partial charge in [0.25, 0.3) is 5.91 Å². The van der Waals surface area contributed by atoms with Gasteiger partial charge in [0.1, 0.15) is 11.6 Å². The predicted molar refractivity (Wildman–Crippen MR) is 81.7 cm³/mol. The van der Waals surface area contributed by atoms with Crippen LogP contribution < -0.4 is 11.1 Å². The lowest BCUT2D eigenvalue weighted by molar-refractivity contribution is -0.126. The predicted octanol–water partition coefficient (Wildman–Crippen LogP) is 1.28. The Labute approximate surface area is 133 Å². The van der Waals surface area contributed by atoms with E-state index in [-0.39, 0.29) is 17.4 Å². The molecule has 0 atom stereocenters. The summed E-state index contributed by atoms with van der Waals surface area (Å²) in [6, 6.07) is 2.91. The third-order valence-corrected chi connectivity index (χ3v) is 3.99. The topological polar surface area (TPSA) is 75.4 Å². The van der Waals surface area contributed by atoms with Gasteiger partial charge in [0.05, 0.1) is 5.56 Å². The second-order valence-electron chi connectivity index (χ2n) is 5.62. The average molecular weight is 325 g/mol. The molecule has 126 valence electrons. The summed E-state index contributed by atoms with van der Waals surface area (Å²) in [4.78, 5) is 25.7. The van der Waals surface area contributed by atoms with Gasteiger partial charge in [-0.1, -0.05) is 0 Å². The highest BCUT2D eigenvalue weighted by Crippen LogP contribution is 2.20. The molecule has 1 aromatic carbocycles. The molecule has 0 aromatic heterocycles. The first-order valence-corrected chi connectivity index (χ1v) is 7.75. The molecule has 0 radical (unpaired) electrons. The summed E-state index contributed by atoms with van der Waals surface area (Å²) in [7, 11) is 0. The molecule has 0 bridgehead atoms. The molecule has 1 aromatic rings. The van der Waals surface area contributed by atoms with E-state index in [1.54, 1.807) is 0 Å². The maximum absolute atomic E-state index is 13.7. The highest BCUT2D eigenvalue weighted by molar-refractivity contribution is 5.94. The molecule has 2 rings (SSSR count). The summed E-state index contributed by atoms with van der Waals surface area (Å²) in [5.41, 5.74) is 5.23. The smallest absolute Gasteiger partial charge is 0.256 e. The van der Waals surface area contributed by atoms with Crippen LogP contribution in [-0.2, 0) is 4.79 Å². The van der Waals surface area contributed by atoms with Crippen LogP contribution >= 0.6 is 0 Å². The standard InChI is InChI=1S/C16H21F2N3O2/c17-12-2-3-13(14(18)10-12)16(23)21-8-4-11(5-9-21)15(22)20-7-1-6-19/h2-3,10-11H,1,4-9,19H2,(H,20,22). The Morgan fingerprint density at radius 2 is 1.96 bits per heavy atom. The number of amides is 2. The third kappa shape index (κ3) is 4.48. The highest BCUT2D eigenvalue weighted by atomic mass is 19.1. The molecule has 2 amide bonds. The van der Waals surface area contributed by atoms with Crippen molar-refractivity contribution < 1.29 is 18.4 Å². The van der Waals surface area contributed by atoms with Gasteiger partial charge in [-0.05, 0) is 37.9 Å². The summed E-state index contributed by atoms with van der Waals surface area (Å²) in [6.07, 6.45) is 1.79. The normalized spacial score (nSPS) is 15.5. The van der Waals surface area contributed by atoms with Crippen LogP contribution in [0.5, 0.6) is 0 Å². The summed E-state index contributed by atoms with van der Waals surface area (Å²) in [5, 5.41) is 2.82. The van der Waals surface area contributed by atoms with Gasteiger partial charge in [-0.15, -0.1) is 0 Å². The van der Waals surface area contributed by atoms with Crippen molar-refractivity contribution in [2.45, 2.75) is 19.3 Å². The Bertz CT molecular complexity index is 572. The molecule has 0 aliphatic carbocycles. The summed E-state index contributed by atoms with van der Waals surface area (Å²) in [6.45, 7) is 1.83. The minimum absolute atomic E-state index is 0.0292. The lowest BCUT2D eigenvalue weighted by atomic mass is 9.95. The number of benzene rings is 1. The Morgan fingerprint density at radius 1 is 1.26 bits per heavy atom. The zero-order valence-electron chi connectivity index (χ0n) is 12.9. The van der Waals surface area contributed by atoms with Gasteiger partial charge in [-0.2, -0.15) is 0 Å². The van der Waals surface area contributed by atoms with E-state index in [0.29, 0.717) is 45.1 Å². The molecule has 1 fully saturated rings. The van der Waals surface area contributed by atoms with Gasteiger partial charge in [0.2, 0.25) is 5.91 Å². The number of nitrogens with two attached hydrogens (primary N) is 1. The van der Waals surface area contributed by atoms with Gasteiger partial charge in [-0.3, -0.25) is 9.59 Å². The molecule has 7 heteroatoms. The van der Waals surface area contributed by atoms with E-state index in [4.69, 9.17) is 5.73 Å². The maximum atomic E-state index is 13.7. The number of carbonyl (C=O) groups excluding carboxylic acids is 2. The lowest BCUT2D eigenvalue weighted by Crippen LogP contribution is -2.43. The van der Waals surface area contributed by atoms with Crippen molar-refractivity contribution in [1.29, 1.82) is 0 Å². The molecule has 1 aliphatic heterocycles. The van der Waals surface area contributed by atoms with Crippen molar-refractivity contribution >= 4 is 11.8 Å². The van der Waals surface area contributed by atoms with E-state index in [1.165, 1.54) is 4.90 Å². The van der Waals surface area contributed by atoms with Crippen molar-refractivity contribution in [2.24, 2.45) is 11.7 Å². The lowest BCUT2D eigenvalue weighted by Gasteiger charge is -2.31. The molecule has 0 spiro atoms. The fraction of sp³-hybridized carbons (Fsp3) is 0.500. The van der Waals surface area contributed by atoms with E-state index in [9.17, 15) is 18.4 Å². The van der Waals surface area contributed by atoms with Crippen molar-refractivity contribution in [3.63, 3.8) is 0 Å². The van der Waals surface area contributed by atoms with E-state index < -0.39 is 17.5 Å². The Balaban J connectivity index is 1.88. The van der Waals surface area contributed by atoms with Crippen molar-refractivity contribution in [3.8, 4) is 0 Å². The van der Waals surface area contributed by atoms with Crippen LogP contribution in [0.4, 0.5) is 8.78 Å². The number of rotatable bonds is 5. The SMILES string of the molecule is NCCCNC(=O)C1CCN(C(=O)c2ccc(F)cc2F)CC1. The zero-order chi connectivity index (χ0) is 16.8. The molecule has 23 heavy (non-hydrogen) atoms. The van der Waals surface area contributed by atoms with Gasteiger partial charge in [-0.25, -0.2) is 8.78 Å².